The van der Waals surface area contributed by atoms with Crippen molar-refractivity contribution >= 4 is 11.9 Å². The normalized spacial score (nSPS) is 10.0. The molecule has 0 aliphatic carbocycles. The molecule has 0 bridgehead atoms. The molecule has 0 spiro atoms. The molecule has 1 aromatic rings. The first-order valence-corrected chi connectivity index (χ1v) is 6.06. The van der Waals surface area contributed by atoms with Crippen LogP contribution in [0.15, 0.2) is 24.5 Å². The number of pyridine rings is 1. The van der Waals surface area contributed by atoms with Crippen molar-refractivity contribution in [3.63, 3.8) is 0 Å². The Hall–Kier alpha value is -1.91. The highest BCUT2D eigenvalue weighted by molar-refractivity contribution is 5.76. The lowest BCUT2D eigenvalue weighted by molar-refractivity contribution is -0.137. The van der Waals surface area contributed by atoms with Crippen LogP contribution in [0.25, 0.3) is 0 Å². The third-order valence-electron chi connectivity index (χ3n) is 2.51. The van der Waals surface area contributed by atoms with Gasteiger partial charge in [0.15, 0.2) is 0 Å². The van der Waals surface area contributed by atoms with E-state index >= 15 is 0 Å². The molecule has 18 heavy (non-hydrogen) atoms. The van der Waals surface area contributed by atoms with Crippen molar-refractivity contribution in [1.29, 1.82) is 0 Å². The molecule has 0 aromatic carbocycles. The second kappa shape index (κ2) is 8.22. The number of carbonyl (C=O) groups is 2. The van der Waals surface area contributed by atoms with E-state index in [1.54, 1.807) is 12.4 Å². The monoisotopic (exact) mass is 250 g/mol. The number of nitrogens with zero attached hydrogens (tertiary/aromatic N) is 1. The van der Waals surface area contributed by atoms with Gasteiger partial charge in [-0.2, -0.15) is 0 Å². The van der Waals surface area contributed by atoms with Crippen molar-refractivity contribution < 1.29 is 14.7 Å². The van der Waals surface area contributed by atoms with Gasteiger partial charge < -0.3 is 10.4 Å². The Morgan fingerprint density at radius 2 is 1.89 bits per heavy atom. The Kier molecular flexibility index (Phi) is 6.46. The van der Waals surface area contributed by atoms with Crippen molar-refractivity contribution in [1.82, 2.24) is 10.3 Å². The van der Waals surface area contributed by atoms with Crippen LogP contribution >= 0.6 is 0 Å². The van der Waals surface area contributed by atoms with E-state index in [1.165, 1.54) is 5.56 Å². The molecule has 5 nitrogen and oxygen atoms in total. The van der Waals surface area contributed by atoms with Crippen LogP contribution in [0.5, 0.6) is 0 Å². The topological polar surface area (TPSA) is 79.3 Å². The summed E-state index contributed by atoms with van der Waals surface area (Å²) in [7, 11) is 0. The second-order valence-electron chi connectivity index (χ2n) is 4.06. The van der Waals surface area contributed by atoms with Crippen molar-refractivity contribution in [2.45, 2.75) is 32.1 Å². The minimum absolute atomic E-state index is 0.0461. The van der Waals surface area contributed by atoms with E-state index < -0.39 is 5.97 Å². The van der Waals surface area contributed by atoms with Gasteiger partial charge in [0, 0.05) is 31.8 Å². The molecule has 1 rings (SSSR count). The minimum atomic E-state index is -0.861. The predicted molar refractivity (Wildman–Crippen MR) is 67.1 cm³/mol. The van der Waals surface area contributed by atoms with E-state index in [0.717, 1.165) is 12.8 Å². The molecule has 5 heteroatoms. The van der Waals surface area contributed by atoms with Gasteiger partial charge >= 0.3 is 5.97 Å². The molecule has 1 amide bonds. The minimum Gasteiger partial charge on any atom is -0.481 e. The van der Waals surface area contributed by atoms with Gasteiger partial charge in [-0.05, 0) is 37.0 Å². The van der Waals surface area contributed by atoms with Crippen molar-refractivity contribution in [3.8, 4) is 0 Å². The van der Waals surface area contributed by atoms with Gasteiger partial charge in [-0.25, -0.2) is 0 Å². The molecule has 98 valence electrons. The zero-order chi connectivity index (χ0) is 13.2. The summed E-state index contributed by atoms with van der Waals surface area (Å²) >= 11 is 0. The predicted octanol–water partition coefficient (Wildman–Crippen LogP) is 1.39. The van der Waals surface area contributed by atoms with Crippen LogP contribution in [0.2, 0.25) is 0 Å². The van der Waals surface area contributed by atoms with Crippen LogP contribution in [-0.2, 0) is 16.0 Å². The average molecular weight is 250 g/mol. The molecule has 1 aromatic heterocycles. The Labute approximate surface area is 106 Å². The van der Waals surface area contributed by atoms with Crippen molar-refractivity contribution in [2.75, 3.05) is 6.54 Å². The number of rotatable bonds is 8. The van der Waals surface area contributed by atoms with E-state index in [4.69, 9.17) is 5.11 Å². The van der Waals surface area contributed by atoms with Crippen LogP contribution in [0, 0.1) is 0 Å². The molecule has 0 unspecified atom stereocenters. The first-order valence-electron chi connectivity index (χ1n) is 6.06. The lowest BCUT2D eigenvalue weighted by atomic mass is 10.1. The fourth-order valence-corrected chi connectivity index (χ4v) is 1.56. The van der Waals surface area contributed by atoms with Crippen LogP contribution in [0.1, 0.15) is 31.2 Å². The number of amides is 1. The first-order chi connectivity index (χ1) is 8.68. The number of hydrogen-bond acceptors (Lipinski definition) is 3. The van der Waals surface area contributed by atoms with E-state index in [1.807, 2.05) is 12.1 Å². The number of aliphatic carboxylic acids is 1. The van der Waals surface area contributed by atoms with Gasteiger partial charge in [0.2, 0.25) is 5.91 Å². The van der Waals surface area contributed by atoms with Gasteiger partial charge in [0.05, 0.1) is 0 Å². The maximum absolute atomic E-state index is 11.3. The molecular formula is C13H18N2O3. The molecular weight excluding hydrogens is 232 g/mol. The van der Waals surface area contributed by atoms with E-state index in [9.17, 15) is 9.59 Å². The summed E-state index contributed by atoms with van der Waals surface area (Å²) in [5.41, 5.74) is 1.20. The summed E-state index contributed by atoms with van der Waals surface area (Å²) in [6.45, 7) is 0.619. The van der Waals surface area contributed by atoms with Crippen LogP contribution in [0.4, 0.5) is 0 Å². The maximum Gasteiger partial charge on any atom is 0.303 e. The highest BCUT2D eigenvalue weighted by Gasteiger charge is 2.03. The molecule has 0 atom stereocenters. The quantitative estimate of drug-likeness (QED) is 0.683. The number of carboxylic acids is 1. The first kappa shape index (κ1) is 14.2. The fourth-order valence-electron chi connectivity index (χ4n) is 1.56. The highest BCUT2D eigenvalue weighted by Crippen LogP contribution is 2.00. The molecule has 0 aliphatic heterocycles. The number of aryl methyl sites for hydroxylation is 1. The average Bonchev–Trinajstić information content (AvgIpc) is 2.35. The summed E-state index contributed by atoms with van der Waals surface area (Å²) in [4.78, 5) is 25.5. The zero-order valence-electron chi connectivity index (χ0n) is 10.3. The molecule has 0 fully saturated rings. The number of carbonyl (C=O) groups excluding carboxylic acids is 1. The Morgan fingerprint density at radius 3 is 2.56 bits per heavy atom. The molecule has 2 N–H and O–H groups in total. The molecule has 0 saturated heterocycles. The summed E-state index contributed by atoms with van der Waals surface area (Å²) in [6.07, 6.45) is 5.99. The Bertz CT molecular complexity index is 379. The molecule has 0 radical (unpaired) electrons. The van der Waals surface area contributed by atoms with E-state index in [0.29, 0.717) is 13.0 Å². The van der Waals surface area contributed by atoms with Crippen LogP contribution < -0.4 is 5.32 Å². The van der Waals surface area contributed by atoms with Crippen LogP contribution in [-0.4, -0.2) is 28.5 Å². The third kappa shape index (κ3) is 6.62. The molecule has 1 heterocycles. The van der Waals surface area contributed by atoms with Crippen LogP contribution in [0.3, 0.4) is 0 Å². The zero-order valence-corrected chi connectivity index (χ0v) is 10.3. The Balaban J connectivity index is 2.04. The number of carboxylic acid groups (broad SMARTS) is 1. The highest BCUT2D eigenvalue weighted by atomic mass is 16.4. The SMILES string of the molecule is O=C(O)CCCC(=O)NCCCc1ccncc1. The van der Waals surface area contributed by atoms with Gasteiger partial charge in [0.1, 0.15) is 0 Å². The summed E-state index contributed by atoms with van der Waals surface area (Å²) in [5.74, 6) is -0.938. The standard InChI is InChI=1S/C13H18N2O3/c16-12(4-1-5-13(17)18)15-8-2-3-11-6-9-14-10-7-11/h6-7,9-10H,1-5,8H2,(H,15,16)(H,17,18). The largest absolute Gasteiger partial charge is 0.481 e. The van der Waals surface area contributed by atoms with Crippen molar-refractivity contribution in [3.05, 3.63) is 30.1 Å². The van der Waals surface area contributed by atoms with Gasteiger partial charge in [-0.15, -0.1) is 0 Å². The van der Waals surface area contributed by atoms with Crippen molar-refractivity contribution in [2.24, 2.45) is 0 Å². The maximum atomic E-state index is 11.3. The third-order valence-corrected chi connectivity index (χ3v) is 2.51. The lowest BCUT2D eigenvalue weighted by Gasteiger charge is -2.04. The van der Waals surface area contributed by atoms with Gasteiger partial charge in [0.25, 0.3) is 0 Å². The molecule has 0 aliphatic rings. The van der Waals surface area contributed by atoms with E-state index in [-0.39, 0.29) is 18.7 Å². The smallest absolute Gasteiger partial charge is 0.303 e. The molecule has 0 saturated carbocycles. The summed E-state index contributed by atoms with van der Waals surface area (Å²) < 4.78 is 0. The van der Waals surface area contributed by atoms with Gasteiger partial charge in [-0.1, -0.05) is 0 Å². The van der Waals surface area contributed by atoms with E-state index in [2.05, 4.69) is 10.3 Å². The number of nitrogens with one attached hydrogen (secondary N) is 1. The summed E-state index contributed by atoms with van der Waals surface area (Å²) in [5, 5.41) is 11.2. The van der Waals surface area contributed by atoms with Gasteiger partial charge in [-0.3, -0.25) is 14.6 Å². The summed E-state index contributed by atoms with van der Waals surface area (Å²) in [6, 6.07) is 3.91. The second-order valence-corrected chi connectivity index (χ2v) is 4.06. The fraction of sp³-hybridized carbons (Fsp3) is 0.462. The Morgan fingerprint density at radius 1 is 1.17 bits per heavy atom. The lowest BCUT2D eigenvalue weighted by Crippen LogP contribution is -2.24. The number of aromatic nitrogens is 1. The number of hydrogen-bond donors (Lipinski definition) is 2.